The number of hydrogen-bond acceptors (Lipinski definition) is 3. The Kier molecular flexibility index (Phi) is 5.03. The topological polar surface area (TPSA) is 43.9 Å². The minimum absolute atomic E-state index is 0.128. The molecule has 3 heterocycles. The van der Waals surface area contributed by atoms with Gasteiger partial charge in [-0.15, -0.1) is 0 Å². The first kappa shape index (κ1) is 17.3. The van der Waals surface area contributed by atoms with E-state index in [9.17, 15) is 9.59 Å². The zero-order valence-corrected chi connectivity index (χ0v) is 15.7. The summed E-state index contributed by atoms with van der Waals surface area (Å²) >= 11 is 0. The average molecular weight is 348 g/mol. The molecule has 2 atom stereocenters. The van der Waals surface area contributed by atoms with Gasteiger partial charge in [-0.05, 0) is 58.5 Å². The van der Waals surface area contributed by atoms with Crippen LogP contribution in [0.15, 0.2) is 0 Å². The molecule has 5 heteroatoms. The number of nitrogens with zero attached hydrogens (tertiary/aromatic N) is 3. The van der Waals surface area contributed by atoms with E-state index in [0.29, 0.717) is 0 Å². The highest BCUT2D eigenvalue weighted by Gasteiger charge is 2.43. The van der Waals surface area contributed by atoms with E-state index in [1.54, 1.807) is 0 Å². The average Bonchev–Trinajstić information content (AvgIpc) is 3.14. The van der Waals surface area contributed by atoms with E-state index in [1.165, 1.54) is 32.1 Å². The molecule has 0 radical (unpaired) electrons. The number of rotatable bonds is 2. The number of piperidine rings is 1. The molecule has 0 spiro atoms. The van der Waals surface area contributed by atoms with Crippen LogP contribution < -0.4 is 0 Å². The van der Waals surface area contributed by atoms with Gasteiger partial charge in [0.1, 0.15) is 6.04 Å². The lowest BCUT2D eigenvalue weighted by Gasteiger charge is -2.44. The molecule has 140 valence electrons. The highest BCUT2D eigenvalue weighted by atomic mass is 16.2. The van der Waals surface area contributed by atoms with Crippen molar-refractivity contribution in [2.24, 2.45) is 5.92 Å². The number of amides is 2. The number of carbonyl (C=O) groups excluding carboxylic acids is 2. The molecular formula is C20H33N3O2. The summed E-state index contributed by atoms with van der Waals surface area (Å²) in [5.41, 5.74) is 0. The summed E-state index contributed by atoms with van der Waals surface area (Å²) in [7, 11) is 0. The predicted octanol–water partition coefficient (Wildman–Crippen LogP) is 2.25. The van der Waals surface area contributed by atoms with Crippen LogP contribution in [0, 0.1) is 5.92 Å². The van der Waals surface area contributed by atoms with Gasteiger partial charge in [0.05, 0.1) is 0 Å². The maximum absolute atomic E-state index is 13.1. The second-order valence-corrected chi connectivity index (χ2v) is 8.60. The smallest absolute Gasteiger partial charge is 0.245 e. The fourth-order valence-corrected chi connectivity index (χ4v) is 5.55. The van der Waals surface area contributed by atoms with Crippen LogP contribution in [0.4, 0.5) is 0 Å². The van der Waals surface area contributed by atoms with Crippen LogP contribution in [-0.4, -0.2) is 70.8 Å². The third-order valence-corrected chi connectivity index (χ3v) is 7.15. The van der Waals surface area contributed by atoms with Gasteiger partial charge in [0.2, 0.25) is 11.8 Å². The van der Waals surface area contributed by atoms with Gasteiger partial charge >= 0.3 is 0 Å². The van der Waals surface area contributed by atoms with E-state index < -0.39 is 0 Å². The second-order valence-electron chi connectivity index (χ2n) is 8.60. The number of hydrogen-bond donors (Lipinski definition) is 0. The third kappa shape index (κ3) is 3.32. The van der Waals surface area contributed by atoms with Crippen molar-refractivity contribution in [3.63, 3.8) is 0 Å². The van der Waals surface area contributed by atoms with Crippen LogP contribution in [0.25, 0.3) is 0 Å². The summed E-state index contributed by atoms with van der Waals surface area (Å²) in [5.74, 6) is 0.542. The van der Waals surface area contributed by atoms with Crippen molar-refractivity contribution in [1.82, 2.24) is 14.7 Å². The van der Waals surface area contributed by atoms with Gasteiger partial charge in [0.25, 0.3) is 0 Å². The molecule has 1 aliphatic carbocycles. The van der Waals surface area contributed by atoms with Crippen LogP contribution >= 0.6 is 0 Å². The van der Waals surface area contributed by atoms with Crippen LogP contribution in [0.3, 0.4) is 0 Å². The summed E-state index contributed by atoms with van der Waals surface area (Å²) in [5, 5.41) is 0. The first-order valence-electron chi connectivity index (χ1n) is 10.5. The summed E-state index contributed by atoms with van der Waals surface area (Å²) < 4.78 is 0. The van der Waals surface area contributed by atoms with Gasteiger partial charge in [-0.3, -0.25) is 9.59 Å². The Bertz CT molecular complexity index is 509. The fraction of sp³-hybridized carbons (Fsp3) is 0.900. The Labute approximate surface area is 151 Å². The molecule has 4 rings (SSSR count). The molecule has 2 amide bonds. The number of likely N-dealkylation sites (tertiary alicyclic amines) is 1. The molecule has 0 aromatic heterocycles. The monoisotopic (exact) mass is 347 g/mol. The highest BCUT2D eigenvalue weighted by molar-refractivity contribution is 5.90. The molecule has 4 fully saturated rings. The molecule has 0 N–H and O–H groups in total. The zero-order chi connectivity index (χ0) is 17.4. The Morgan fingerprint density at radius 3 is 2.28 bits per heavy atom. The number of carbonyl (C=O) groups is 2. The van der Waals surface area contributed by atoms with Crippen LogP contribution in [0.2, 0.25) is 0 Å². The highest BCUT2D eigenvalue weighted by Crippen LogP contribution is 2.31. The first-order valence-corrected chi connectivity index (χ1v) is 10.5. The van der Waals surface area contributed by atoms with E-state index in [1.807, 2.05) is 16.7 Å². The first-order chi connectivity index (χ1) is 12.1. The third-order valence-electron chi connectivity index (χ3n) is 7.15. The van der Waals surface area contributed by atoms with Crippen molar-refractivity contribution >= 4 is 11.8 Å². The second kappa shape index (κ2) is 7.26. The molecule has 3 aliphatic heterocycles. The summed E-state index contributed by atoms with van der Waals surface area (Å²) in [6.07, 6.45) is 10.9. The van der Waals surface area contributed by atoms with Gasteiger partial charge in [-0.2, -0.15) is 0 Å². The van der Waals surface area contributed by atoms with E-state index in [4.69, 9.17) is 0 Å². The minimum atomic E-state index is -0.266. The Morgan fingerprint density at radius 1 is 0.880 bits per heavy atom. The molecule has 0 bridgehead atoms. The summed E-state index contributed by atoms with van der Waals surface area (Å²) in [6.45, 7) is 5.69. The van der Waals surface area contributed by atoms with Crippen molar-refractivity contribution in [2.45, 2.75) is 82.8 Å². The SMILES string of the molecule is C[C@H]1C(=O)N2CCC[C@H]2CN1C(=O)C1CCN(C2CCCCC2)CC1. The Balaban J connectivity index is 1.34. The normalized spacial score (nSPS) is 32.9. The van der Waals surface area contributed by atoms with Crippen molar-refractivity contribution in [1.29, 1.82) is 0 Å². The van der Waals surface area contributed by atoms with Crippen molar-refractivity contribution < 1.29 is 9.59 Å². The minimum Gasteiger partial charge on any atom is -0.336 e. The molecule has 25 heavy (non-hydrogen) atoms. The zero-order valence-electron chi connectivity index (χ0n) is 15.7. The van der Waals surface area contributed by atoms with Crippen LogP contribution in [0.1, 0.15) is 64.7 Å². The van der Waals surface area contributed by atoms with Crippen LogP contribution in [0.5, 0.6) is 0 Å². The molecule has 0 aromatic carbocycles. The number of piperazine rings is 1. The standard InChI is InChI=1S/C20H33N3O2/c1-15-19(24)22-11-5-8-18(22)14-23(15)20(25)16-9-12-21(13-10-16)17-6-3-2-4-7-17/h15-18H,2-14H2,1H3/t15-,18-/m0/s1. The Morgan fingerprint density at radius 2 is 1.56 bits per heavy atom. The quantitative estimate of drug-likeness (QED) is 0.770. The van der Waals surface area contributed by atoms with E-state index in [0.717, 1.165) is 57.9 Å². The molecule has 3 saturated heterocycles. The maximum atomic E-state index is 13.1. The molecule has 1 saturated carbocycles. The van der Waals surface area contributed by atoms with Gasteiger partial charge in [0, 0.05) is 31.1 Å². The summed E-state index contributed by atoms with van der Waals surface area (Å²) in [6, 6.07) is 0.764. The molecule has 4 aliphatic rings. The fourth-order valence-electron chi connectivity index (χ4n) is 5.55. The van der Waals surface area contributed by atoms with Crippen molar-refractivity contribution in [3.8, 4) is 0 Å². The van der Waals surface area contributed by atoms with E-state index in [-0.39, 0.29) is 29.8 Å². The van der Waals surface area contributed by atoms with Crippen molar-refractivity contribution in [3.05, 3.63) is 0 Å². The molecular weight excluding hydrogens is 314 g/mol. The lowest BCUT2D eigenvalue weighted by Crippen LogP contribution is -2.61. The largest absolute Gasteiger partial charge is 0.336 e. The van der Waals surface area contributed by atoms with Gasteiger partial charge in [-0.25, -0.2) is 0 Å². The molecule has 0 unspecified atom stereocenters. The van der Waals surface area contributed by atoms with Gasteiger partial charge in [-0.1, -0.05) is 19.3 Å². The Hall–Kier alpha value is -1.10. The predicted molar refractivity (Wildman–Crippen MR) is 97.1 cm³/mol. The van der Waals surface area contributed by atoms with Crippen LogP contribution in [-0.2, 0) is 9.59 Å². The van der Waals surface area contributed by atoms with Gasteiger partial charge < -0.3 is 14.7 Å². The van der Waals surface area contributed by atoms with E-state index in [2.05, 4.69) is 4.90 Å². The van der Waals surface area contributed by atoms with Crippen molar-refractivity contribution in [2.75, 3.05) is 26.2 Å². The summed E-state index contributed by atoms with van der Waals surface area (Å²) in [4.78, 5) is 32.3. The van der Waals surface area contributed by atoms with E-state index >= 15 is 0 Å². The lowest BCUT2D eigenvalue weighted by molar-refractivity contribution is -0.155. The van der Waals surface area contributed by atoms with Gasteiger partial charge in [0.15, 0.2) is 0 Å². The lowest BCUT2D eigenvalue weighted by atomic mass is 9.89. The molecule has 0 aromatic rings. The molecule has 5 nitrogen and oxygen atoms in total. The number of fused-ring (bicyclic) bond motifs is 1. The maximum Gasteiger partial charge on any atom is 0.245 e.